The predicted molar refractivity (Wildman–Crippen MR) is 119 cm³/mol. The van der Waals surface area contributed by atoms with E-state index in [1.165, 1.54) is 42.0 Å². The molecule has 4 rings (SSSR count). The van der Waals surface area contributed by atoms with Crippen molar-refractivity contribution in [3.05, 3.63) is 47.5 Å². The molecule has 134 valence electrons. The van der Waals surface area contributed by atoms with Crippen LogP contribution < -0.4 is 0 Å². The Morgan fingerprint density at radius 2 is 1.19 bits per heavy atom. The summed E-state index contributed by atoms with van der Waals surface area (Å²) in [7, 11) is 0. The van der Waals surface area contributed by atoms with Crippen LogP contribution in [0.2, 0.25) is 0 Å². The molecule has 0 aliphatic carbocycles. The maximum Gasteiger partial charge on any atom is 0.151 e. The molecule has 0 saturated carbocycles. The number of thiazole rings is 2. The van der Waals surface area contributed by atoms with Crippen LogP contribution >= 0.6 is 46.2 Å². The average molecular weight is 417 g/mol. The normalized spacial score (nSPS) is 11.6. The first kappa shape index (κ1) is 18.3. The van der Waals surface area contributed by atoms with Gasteiger partial charge >= 0.3 is 0 Å². The molecule has 0 bridgehead atoms. The van der Waals surface area contributed by atoms with Gasteiger partial charge in [0, 0.05) is 11.5 Å². The zero-order valence-corrected chi connectivity index (χ0v) is 18.1. The van der Waals surface area contributed by atoms with E-state index >= 15 is 0 Å². The summed E-state index contributed by atoms with van der Waals surface area (Å²) in [5.41, 5.74) is 4.87. The standard InChI is InChI=1S/C20H20N2S4/c1-13-5-7-15-17(11-13)25-19(21-15)23-9-3-4-10-24-20-22-16-8-6-14(2)12-18(16)26-20/h5-8,11-12H,3-4,9-10H2,1-2H3. The van der Waals surface area contributed by atoms with Crippen molar-refractivity contribution in [3.8, 4) is 0 Å². The largest absolute Gasteiger partial charge is 0.230 e. The Labute approximate surface area is 170 Å². The van der Waals surface area contributed by atoms with Crippen molar-refractivity contribution in [2.24, 2.45) is 0 Å². The van der Waals surface area contributed by atoms with E-state index in [2.05, 4.69) is 50.2 Å². The lowest BCUT2D eigenvalue weighted by Gasteiger charge is -1.98. The smallest absolute Gasteiger partial charge is 0.151 e. The third-order valence-electron chi connectivity index (χ3n) is 4.04. The van der Waals surface area contributed by atoms with Crippen LogP contribution in [0.25, 0.3) is 20.4 Å². The van der Waals surface area contributed by atoms with E-state index in [1.807, 2.05) is 46.2 Å². The SMILES string of the molecule is Cc1ccc2nc(SCCCCSc3nc4ccc(C)cc4s3)sc2c1. The molecule has 0 radical (unpaired) electrons. The Morgan fingerprint density at radius 1 is 0.731 bits per heavy atom. The van der Waals surface area contributed by atoms with Crippen LogP contribution in [-0.4, -0.2) is 21.5 Å². The van der Waals surface area contributed by atoms with Gasteiger partial charge in [-0.15, -0.1) is 22.7 Å². The first-order valence-electron chi connectivity index (χ1n) is 8.67. The molecule has 0 spiro atoms. The van der Waals surface area contributed by atoms with Gasteiger partial charge in [0.1, 0.15) is 0 Å². The first-order valence-corrected chi connectivity index (χ1v) is 12.3. The first-order chi connectivity index (χ1) is 12.7. The number of unbranched alkanes of at least 4 members (excludes halogenated alkanes) is 1. The predicted octanol–water partition coefficient (Wildman–Crippen LogP) is 7.19. The van der Waals surface area contributed by atoms with E-state index < -0.39 is 0 Å². The van der Waals surface area contributed by atoms with Crippen LogP contribution in [0, 0.1) is 13.8 Å². The third-order valence-corrected chi connectivity index (χ3v) is 8.53. The Bertz CT molecular complexity index is 951. The van der Waals surface area contributed by atoms with E-state index in [4.69, 9.17) is 9.97 Å². The molecule has 4 aromatic rings. The van der Waals surface area contributed by atoms with E-state index in [9.17, 15) is 0 Å². The summed E-state index contributed by atoms with van der Waals surface area (Å²) in [5.74, 6) is 2.27. The van der Waals surface area contributed by atoms with Crippen molar-refractivity contribution >= 4 is 66.6 Å². The Hall–Kier alpha value is -1.08. The zero-order valence-electron chi connectivity index (χ0n) is 14.8. The van der Waals surface area contributed by atoms with Crippen LogP contribution in [0.3, 0.4) is 0 Å². The Balaban J connectivity index is 1.22. The van der Waals surface area contributed by atoms with Gasteiger partial charge in [-0.25, -0.2) is 9.97 Å². The number of aryl methyl sites for hydroxylation is 2. The summed E-state index contributed by atoms with van der Waals surface area (Å²) in [6.45, 7) is 4.27. The quantitative estimate of drug-likeness (QED) is 0.235. The fraction of sp³-hybridized carbons (Fsp3) is 0.300. The van der Waals surface area contributed by atoms with Gasteiger partial charge < -0.3 is 0 Å². The Morgan fingerprint density at radius 3 is 1.65 bits per heavy atom. The number of nitrogens with zero attached hydrogens (tertiary/aromatic N) is 2. The van der Waals surface area contributed by atoms with Crippen molar-refractivity contribution in [2.75, 3.05) is 11.5 Å². The monoisotopic (exact) mass is 416 g/mol. The number of rotatable bonds is 7. The molecule has 6 heteroatoms. The van der Waals surface area contributed by atoms with Crippen LogP contribution in [0.5, 0.6) is 0 Å². The third kappa shape index (κ3) is 4.42. The topological polar surface area (TPSA) is 25.8 Å². The van der Waals surface area contributed by atoms with Gasteiger partial charge in [0.15, 0.2) is 8.68 Å². The van der Waals surface area contributed by atoms with Crippen LogP contribution in [0.1, 0.15) is 24.0 Å². The highest BCUT2D eigenvalue weighted by Crippen LogP contribution is 2.32. The maximum absolute atomic E-state index is 4.72. The maximum atomic E-state index is 4.72. The molecule has 26 heavy (non-hydrogen) atoms. The zero-order chi connectivity index (χ0) is 17.9. The minimum absolute atomic E-state index is 1.13. The van der Waals surface area contributed by atoms with Gasteiger partial charge in [0.25, 0.3) is 0 Å². The molecule has 2 aromatic heterocycles. The second kappa shape index (κ2) is 8.30. The summed E-state index contributed by atoms with van der Waals surface area (Å²) < 4.78 is 4.99. The van der Waals surface area contributed by atoms with Crippen molar-refractivity contribution in [1.82, 2.24) is 9.97 Å². The lowest BCUT2D eigenvalue weighted by molar-refractivity contribution is 0.906. The molecular formula is C20H20N2S4. The highest BCUT2D eigenvalue weighted by molar-refractivity contribution is 8.01. The fourth-order valence-electron chi connectivity index (χ4n) is 2.67. The summed E-state index contributed by atoms with van der Waals surface area (Å²) in [6.07, 6.45) is 2.44. The molecule has 0 amide bonds. The number of aromatic nitrogens is 2. The molecule has 0 aliphatic rings. The summed E-state index contributed by atoms with van der Waals surface area (Å²) >= 11 is 7.41. The van der Waals surface area contributed by atoms with Crippen LogP contribution in [0.15, 0.2) is 45.1 Å². The molecule has 0 N–H and O–H groups in total. The number of benzene rings is 2. The van der Waals surface area contributed by atoms with Crippen LogP contribution in [0.4, 0.5) is 0 Å². The molecule has 2 heterocycles. The second-order valence-electron chi connectivity index (χ2n) is 6.31. The molecule has 0 aliphatic heterocycles. The van der Waals surface area contributed by atoms with Gasteiger partial charge in [-0.2, -0.15) is 0 Å². The molecule has 2 nitrogen and oxygen atoms in total. The van der Waals surface area contributed by atoms with E-state index in [0.29, 0.717) is 0 Å². The molecule has 0 fully saturated rings. The molecule has 0 unspecified atom stereocenters. The number of thioether (sulfide) groups is 2. The van der Waals surface area contributed by atoms with Gasteiger partial charge in [-0.1, -0.05) is 35.7 Å². The minimum atomic E-state index is 1.13. The summed E-state index contributed by atoms with van der Waals surface area (Å²) in [4.78, 5) is 9.44. The summed E-state index contributed by atoms with van der Waals surface area (Å²) in [6, 6.07) is 13.0. The van der Waals surface area contributed by atoms with E-state index in [-0.39, 0.29) is 0 Å². The number of fused-ring (bicyclic) bond motifs is 2. The highest BCUT2D eigenvalue weighted by atomic mass is 32.2. The number of hydrogen-bond acceptors (Lipinski definition) is 6. The fourth-order valence-corrected chi connectivity index (χ4v) is 7.14. The van der Waals surface area contributed by atoms with E-state index in [1.54, 1.807) is 0 Å². The molecule has 0 saturated heterocycles. The molecular weight excluding hydrogens is 397 g/mol. The highest BCUT2D eigenvalue weighted by Gasteiger charge is 2.06. The lowest BCUT2D eigenvalue weighted by atomic mass is 10.2. The number of hydrogen-bond donors (Lipinski definition) is 0. The molecule has 0 atom stereocenters. The van der Waals surface area contributed by atoms with Crippen LogP contribution in [-0.2, 0) is 0 Å². The van der Waals surface area contributed by atoms with Crippen molar-refractivity contribution in [1.29, 1.82) is 0 Å². The summed E-state index contributed by atoms with van der Waals surface area (Å²) in [5, 5.41) is 0. The van der Waals surface area contributed by atoms with Gasteiger partial charge in [0.2, 0.25) is 0 Å². The van der Waals surface area contributed by atoms with Crippen molar-refractivity contribution in [2.45, 2.75) is 35.4 Å². The Kier molecular flexibility index (Phi) is 5.84. The average Bonchev–Trinajstić information content (AvgIpc) is 3.20. The van der Waals surface area contributed by atoms with E-state index in [0.717, 1.165) is 22.5 Å². The van der Waals surface area contributed by atoms with Gasteiger partial charge in [-0.05, 0) is 62.1 Å². The minimum Gasteiger partial charge on any atom is -0.230 e. The van der Waals surface area contributed by atoms with Crippen molar-refractivity contribution in [3.63, 3.8) is 0 Å². The van der Waals surface area contributed by atoms with Crippen molar-refractivity contribution < 1.29 is 0 Å². The van der Waals surface area contributed by atoms with Gasteiger partial charge in [0.05, 0.1) is 20.4 Å². The van der Waals surface area contributed by atoms with Gasteiger partial charge in [-0.3, -0.25) is 0 Å². The molecule has 2 aromatic carbocycles. The second-order valence-corrected chi connectivity index (χ2v) is 11.1. The lowest BCUT2D eigenvalue weighted by Crippen LogP contribution is -1.84.